The lowest BCUT2D eigenvalue weighted by molar-refractivity contribution is 0.0260. The number of nitrogens with two attached hydrogens (primary N) is 1. The van der Waals surface area contributed by atoms with Crippen molar-refractivity contribution in [1.29, 1.82) is 0 Å². The molecule has 0 amide bonds. The molecule has 0 bridgehead atoms. The fraction of sp³-hybridized carbons (Fsp3) is 1.00. The van der Waals surface area contributed by atoms with Gasteiger partial charge in [-0.3, -0.25) is 9.80 Å². The highest BCUT2D eigenvalue weighted by atomic mass is 16.5. The van der Waals surface area contributed by atoms with Crippen LogP contribution in [0.3, 0.4) is 0 Å². The first-order valence-electron chi connectivity index (χ1n) is 7.06. The number of rotatable bonds is 5. The Morgan fingerprint density at radius 2 is 1.94 bits per heavy atom. The highest BCUT2D eigenvalue weighted by Gasteiger charge is 2.40. The Bertz CT molecular complexity index is 245. The minimum Gasteiger partial charge on any atom is -0.379 e. The Balaban J connectivity index is 1.79. The van der Waals surface area contributed by atoms with E-state index in [1.807, 2.05) is 0 Å². The van der Waals surface area contributed by atoms with Crippen LogP contribution in [-0.2, 0) is 4.74 Å². The van der Waals surface area contributed by atoms with Crippen molar-refractivity contribution < 1.29 is 4.74 Å². The maximum atomic E-state index is 5.99. The van der Waals surface area contributed by atoms with Crippen LogP contribution in [0.2, 0.25) is 0 Å². The zero-order chi connectivity index (χ0) is 13.0. The molecular formula is C13H28N4O. The summed E-state index contributed by atoms with van der Waals surface area (Å²) in [5, 5.41) is 0. The van der Waals surface area contributed by atoms with Crippen LogP contribution in [0.5, 0.6) is 0 Å². The second kappa shape index (κ2) is 6.30. The Morgan fingerprint density at radius 3 is 2.44 bits per heavy atom. The molecule has 106 valence electrons. The van der Waals surface area contributed by atoms with E-state index in [-0.39, 0.29) is 5.54 Å². The fourth-order valence-electron chi connectivity index (χ4n) is 2.92. The molecule has 1 atom stereocenters. The van der Waals surface area contributed by atoms with E-state index in [0.29, 0.717) is 0 Å². The van der Waals surface area contributed by atoms with E-state index >= 15 is 0 Å². The van der Waals surface area contributed by atoms with E-state index in [0.717, 1.165) is 58.9 Å². The molecule has 2 saturated heterocycles. The van der Waals surface area contributed by atoms with Gasteiger partial charge >= 0.3 is 0 Å². The number of hydrogen-bond donors (Lipinski definition) is 1. The summed E-state index contributed by atoms with van der Waals surface area (Å²) in [6.07, 6.45) is 1.10. The van der Waals surface area contributed by atoms with Crippen LogP contribution in [0.15, 0.2) is 0 Å². The van der Waals surface area contributed by atoms with E-state index in [1.165, 1.54) is 6.54 Å². The molecule has 0 radical (unpaired) electrons. The summed E-state index contributed by atoms with van der Waals surface area (Å²) in [7, 11) is 4.27. The Morgan fingerprint density at radius 1 is 1.22 bits per heavy atom. The van der Waals surface area contributed by atoms with E-state index < -0.39 is 0 Å². The predicted octanol–water partition coefficient (Wildman–Crippen LogP) is -0.717. The number of hydrogen-bond acceptors (Lipinski definition) is 5. The number of piperazine rings is 1. The normalized spacial score (nSPS) is 31.3. The molecule has 0 aliphatic carbocycles. The molecule has 0 saturated carbocycles. The van der Waals surface area contributed by atoms with Crippen molar-refractivity contribution in [1.82, 2.24) is 14.7 Å². The Hall–Kier alpha value is -0.200. The SMILES string of the molecule is CN(C)CCN1CCN(C2(CN)CCOC2)CC1. The summed E-state index contributed by atoms with van der Waals surface area (Å²) in [5.74, 6) is 0. The second-order valence-corrected chi connectivity index (χ2v) is 5.86. The third-order valence-corrected chi connectivity index (χ3v) is 4.37. The minimum atomic E-state index is 0.133. The standard InChI is InChI=1S/C13H28N4O/c1-15(2)4-5-16-6-8-17(9-7-16)13(11-14)3-10-18-12-13/h3-12,14H2,1-2H3. The van der Waals surface area contributed by atoms with Crippen molar-refractivity contribution in [3.63, 3.8) is 0 Å². The van der Waals surface area contributed by atoms with Crippen molar-refractivity contribution in [2.24, 2.45) is 5.73 Å². The summed E-state index contributed by atoms with van der Waals surface area (Å²) in [6, 6.07) is 0. The van der Waals surface area contributed by atoms with Gasteiger partial charge in [0, 0.05) is 52.4 Å². The predicted molar refractivity (Wildman–Crippen MR) is 73.8 cm³/mol. The van der Waals surface area contributed by atoms with Crippen LogP contribution in [0.1, 0.15) is 6.42 Å². The molecule has 1 unspecified atom stereocenters. The largest absolute Gasteiger partial charge is 0.379 e. The second-order valence-electron chi connectivity index (χ2n) is 5.86. The molecule has 2 rings (SSSR count). The lowest BCUT2D eigenvalue weighted by atomic mass is 9.95. The maximum Gasteiger partial charge on any atom is 0.0663 e. The molecular weight excluding hydrogens is 228 g/mol. The maximum absolute atomic E-state index is 5.99. The molecule has 2 aliphatic heterocycles. The van der Waals surface area contributed by atoms with Crippen LogP contribution >= 0.6 is 0 Å². The van der Waals surface area contributed by atoms with Crippen molar-refractivity contribution in [3.05, 3.63) is 0 Å². The number of ether oxygens (including phenoxy) is 1. The van der Waals surface area contributed by atoms with Crippen LogP contribution in [0, 0.1) is 0 Å². The first-order valence-corrected chi connectivity index (χ1v) is 7.06. The monoisotopic (exact) mass is 256 g/mol. The summed E-state index contributed by atoms with van der Waals surface area (Å²) in [4.78, 5) is 7.36. The Labute approximate surface area is 111 Å². The molecule has 2 aliphatic rings. The average molecular weight is 256 g/mol. The van der Waals surface area contributed by atoms with E-state index in [1.54, 1.807) is 0 Å². The summed E-state index contributed by atoms with van der Waals surface area (Å²) >= 11 is 0. The van der Waals surface area contributed by atoms with Gasteiger partial charge in [-0.25, -0.2) is 0 Å². The molecule has 5 nitrogen and oxygen atoms in total. The molecule has 0 aromatic carbocycles. The van der Waals surface area contributed by atoms with E-state index in [9.17, 15) is 0 Å². The molecule has 0 aromatic heterocycles. The van der Waals surface area contributed by atoms with Crippen molar-refractivity contribution in [2.45, 2.75) is 12.0 Å². The van der Waals surface area contributed by atoms with Gasteiger partial charge in [0.2, 0.25) is 0 Å². The van der Waals surface area contributed by atoms with Crippen molar-refractivity contribution in [3.8, 4) is 0 Å². The van der Waals surface area contributed by atoms with Crippen LogP contribution < -0.4 is 5.73 Å². The highest BCUT2D eigenvalue weighted by molar-refractivity contribution is 4.96. The topological polar surface area (TPSA) is 45.0 Å². The van der Waals surface area contributed by atoms with Gasteiger partial charge in [0.15, 0.2) is 0 Å². The lowest BCUT2D eigenvalue weighted by Crippen LogP contribution is -2.61. The first kappa shape index (κ1) is 14.2. The lowest BCUT2D eigenvalue weighted by Gasteiger charge is -2.44. The van der Waals surface area contributed by atoms with Gasteiger partial charge in [-0.05, 0) is 20.5 Å². The van der Waals surface area contributed by atoms with Crippen molar-refractivity contribution in [2.75, 3.05) is 73.1 Å². The van der Waals surface area contributed by atoms with E-state index in [2.05, 4.69) is 28.8 Å². The fourth-order valence-corrected chi connectivity index (χ4v) is 2.92. The summed E-state index contributed by atoms with van der Waals surface area (Å²) < 4.78 is 5.57. The molecule has 0 spiro atoms. The van der Waals surface area contributed by atoms with Gasteiger partial charge in [0.1, 0.15) is 0 Å². The molecule has 2 fully saturated rings. The van der Waals surface area contributed by atoms with Gasteiger partial charge in [0.05, 0.1) is 12.1 Å². The quantitative estimate of drug-likeness (QED) is 0.704. The Kier molecular flexibility index (Phi) is 4.98. The third kappa shape index (κ3) is 3.22. The number of nitrogens with zero attached hydrogens (tertiary/aromatic N) is 3. The minimum absolute atomic E-state index is 0.133. The van der Waals surface area contributed by atoms with Gasteiger partial charge in [0.25, 0.3) is 0 Å². The number of likely N-dealkylation sites (N-methyl/N-ethyl adjacent to an activating group) is 1. The first-order chi connectivity index (χ1) is 8.66. The van der Waals surface area contributed by atoms with Gasteiger partial charge in [-0.2, -0.15) is 0 Å². The van der Waals surface area contributed by atoms with Gasteiger partial charge < -0.3 is 15.4 Å². The van der Waals surface area contributed by atoms with Crippen LogP contribution in [-0.4, -0.2) is 93.4 Å². The van der Waals surface area contributed by atoms with Gasteiger partial charge in [-0.1, -0.05) is 0 Å². The molecule has 2 N–H and O–H groups in total. The zero-order valence-corrected chi connectivity index (χ0v) is 11.9. The summed E-state index contributed by atoms with van der Waals surface area (Å²) in [6.45, 7) is 9.33. The van der Waals surface area contributed by atoms with Gasteiger partial charge in [-0.15, -0.1) is 0 Å². The smallest absolute Gasteiger partial charge is 0.0663 e. The van der Waals surface area contributed by atoms with Crippen molar-refractivity contribution >= 4 is 0 Å². The zero-order valence-electron chi connectivity index (χ0n) is 11.9. The average Bonchev–Trinajstić information content (AvgIpc) is 2.87. The van der Waals surface area contributed by atoms with Crippen LogP contribution in [0.25, 0.3) is 0 Å². The molecule has 5 heteroatoms. The molecule has 0 aromatic rings. The van der Waals surface area contributed by atoms with Crippen LogP contribution in [0.4, 0.5) is 0 Å². The van der Waals surface area contributed by atoms with E-state index in [4.69, 9.17) is 10.5 Å². The third-order valence-electron chi connectivity index (χ3n) is 4.37. The molecule has 2 heterocycles. The summed E-state index contributed by atoms with van der Waals surface area (Å²) in [5.41, 5.74) is 6.12. The molecule has 18 heavy (non-hydrogen) atoms. The highest BCUT2D eigenvalue weighted by Crippen LogP contribution is 2.26.